The van der Waals surface area contributed by atoms with Gasteiger partial charge in [-0.1, -0.05) is 19.8 Å². The Bertz CT molecular complexity index is 238. The second kappa shape index (κ2) is 5.53. The van der Waals surface area contributed by atoms with Crippen molar-refractivity contribution in [2.24, 2.45) is 0 Å². The summed E-state index contributed by atoms with van der Waals surface area (Å²) in [5.41, 5.74) is 0. The van der Waals surface area contributed by atoms with Crippen LogP contribution in [0.25, 0.3) is 0 Å². The molecule has 2 N–H and O–H groups in total. The number of hydrogen-bond acceptors (Lipinski definition) is 2. The van der Waals surface area contributed by atoms with Gasteiger partial charge in [0.05, 0.1) is 0 Å². The first-order valence-electron chi connectivity index (χ1n) is 6.58. The molecular weight excluding hydrogens is 202 g/mol. The largest absolute Gasteiger partial charge is 0.333 e. The van der Waals surface area contributed by atoms with Gasteiger partial charge in [-0.2, -0.15) is 0 Å². The van der Waals surface area contributed by atoms with Gasteiger partial charge in [-0.05, 0) is 25.8 Å². The lowest BCUT2D eigenvalue weighted by atomic mass is 10.0. The van der Waals surface area contributed by atoms with Gasteiger partial charge in [-0.15, -0.1) is 0 Å². The molecule has 0 spiro atoms. The Morgan fingerprint density at radius 2 is 2.25 bits per heavy atom. The van der Waals surface area contributed by atoms with Crippen molar-refractivity contribution in [2.75, 3.05) is 19.6 Å². The normalized spacial score (nSPS) is 30.6. The van der Waals surface area contributed by atoms with E-state index >= 15 is 0 Å². The number of piperidine rings is 1. The summed E-state index contributed by atoms with van der Waals surface area (Å²) in [6.07, 6.45) is 6.02. The highest BCUT2D eigenvalue weighted by molar-refractivity contribution is 5.76. The van der Waals surface area contributed by atoms with Gasteiger partial charge in [0, 0.05) is 25.2 Å². The minimum Gasteiger partial charge on any atom is -0.333 e. The van der Waals surface area contributed by atoms with E-state index in [4.69, 9.17) is 0 Å². The lowest BCUT2D eigenvalue weighted by Gasteiger charge is -2.27. The van der Waals surface area contributed by atoms with Crippen molar-refractivity contribution in [3.63, 3.8) is 0 Å². The van der Waals surface area contributed by atoms with Crippen molar-refractivity contribution in [3.8, 4) is 0 Å². The Kier molecular flexibility index (Phi) is 4.04. The molecule has 0 bridgehead atoms. The van der Waals surface area contributed by atoms with Gasteiger partial charge in [0.15, 0.2) is 0 Å². The summed E-state index contributed by atoms with van der Waals surface area (Å²) in [6.45, 7) is 5.05. The molecule has 2 aliphatic rings. The second-order valence-corrected chi connectivity index (χ2v) is 4.99. The Hall–Kier alpha value is -0.770. The molecule has 92 valence electrons. The molecule has 2 saturated heterocycles. The first-order valence-corrected chi connectivity index (χ1v) is 6.58. The molecule has 0 aromatic carbocycles. The van der Waals surface area contributed by atoms with Crippen molar-refractivity contribution >= 4 is 6.03 Å². The fourth-order valence-corrected chi connectivity index (χ4v) is 2.68. The number of carbonyl (C=O) groups excluding carboxylic acids is 1. The number of hydrogen-bond donors (Lipinski definition) is 2. The molecule has 2 unspecified atom stereocenters. The first-order chi connectivity index (χ1) is 7.79. The van der Waals surface area contributed by atoms with E-state index in [1.807, 2.05) is 4.90 Å². The minimum absolute atomic E-state index is 0.130. The lowest BCUT2D eigenvalue weighted by molar-refractivity contribution is 0.207. The van der Waals surface area contributed by atoms with E-state index in [1.165, 1.54) is 19.3 Å². The fourth-order valence-electron chi connectivity index (χ4n) is 2.68. The lowest BCUT2D eigenvalue weighted by Crippen LogP contribution is -2.44. The summed E-state index contributed by atoms with van der Waals surface area (Å²) in [5.74, 6) is 0. The highest BCUT2D eigenvalue weighted by Crippen LogP contribution is 2.13. The topological polar surface area (TPSA) is 44.4 Å². The predicted octanol–water partition coefficient (Wildman–Crippen LogP) is 1.32. The van der Waals surface area contributed by atoms with Crippen LogP contribution in [-0.4, -0.2) is 42.6 Å². The van der Waals surface area contributed by atoms with Crippen molar-refractivity contribution in [3.05, 3.63) is 0 Å². The average molecular weight is 225 g/mol. The Balaban J connectivity index is 1.78. The zero-order chi connectivity index (χ0) is 11.4. The van der Waals surface area contributed by atoms with Crippen molar-refractivity contribution in [2.45, 2.75) is 51.1 Å². The Morgan fingerprint density at radius 1 is 1.38 bits per heavy atom. The fraction of sp³-hybridized carbons (Fsp3) is 0.917. The van der Waals surface area contributed by atoms with E-state index in [-0.39, 0.29) is 6.03 Å². The van der Waals surface area contributed by atoms with Crippen LogP contribution in [0.5, 0.6) is 0 Å². The van der Waals surface area contributed by atoms with Crippen molar-refractivity contribution in [1.29, 1.82) is 0 Å². The Morgan fingerprint density at radius 3 is 2.94 bits per heavy atom. The van der Waals surface area contributed by atoms with Crippen LogP contribution in [0.3, 0.4) is 0 Å². The van der Waals surface area contributed by atoms with Gasteiger partial charge in [0.1, 0.15) is 0 Å². The molecule has 2 heterocycles. The molecule has 2 atom stereocenters. The monoisotopic (exact) mass is 225 g/mol. The molecule has 0 radical (unpaired) electrons. The van der Waals surface area contributed by atoms with Crippen molar-refractivity contribution < 1.29 is 4.79 Å². The molecule has 16 heavy (non-hydrogen) atoms. The summed E-state index contributed by atoms with van der Waals surface area (Å²) in [6, 6.07) is 1.02. The third-order valence-electron chi connectivity index (χ3n) is 3.55. The van der Waals surface area contributed by atoms with E-state index in [9.17, 15) is 4.79 Å². The number of amides is 2. The maximum atomic E-state index is 11.7. The minimum atomic E-state index is 0.130. The zero-order valence-electron chi connectivity index (χ0n) is 10.2. The van der Waals surface area contributed by atoms with Crippen LogP contribution in [0.15, 0.2) is 0 Å². The van der Waals surface area contributed by atoms with Gasteiger partial charge in [-0.3, -0.25) is 0 Å². The molecule has 0 aromatic heterocycles. The summed E-state index contributed by atoms with van der Waals surface area (Å²) >= 11 is 0. The van der Waals surface area contributed by atoms with E-state index in [0.717, 1.165) is 32.5 Å². The smallest absolute Gasteiger partial charge is 0.317 e. The van der Waals surface area contributed by atoms with Gasteiger partial charge >= 0.3 is 6.03 Å². The predicted molar refractivity (Wildman–Crippen MR) is 64.4 cm³/mol. The van der Waals surface area contributed by atoms with Crippen LogP contribution in [0.4, 0.5) is 4.79 Å². The van der Waals surface area contributed by atoms with Gasteiger partial charge in [0.2, 0.25) is 0 Å². The summed E-state index contributed by atoms with van der Waals surface area (Å²) in [7, 11) is 0. The van der Waals surface area contributed by atoms with Crippen LogP contribution in [-0.2, 0) is 0 Å². The van der Waals surface area contributed by atoms with E-state index in [0.29, 0.717) is 12.1 Å². The molecule has 2 amide bonds. The van der Waals surface area contributed by atoms with E-state index < -0.39 is 0 Å². The molecule has 2 fully saturated rings. The number of carbonyl (C=O) groups is 1. The molecular formula is C12H23N3O. The van der Waals surface area contributed by atoms with E-state index in [1.54, 1.807) is 0 Å². The zero-order valence-corrected chi connectivity index (χ0v) is 10.2. The standard InChI is InChI=1S/C12H23N3O/c1-2-5-11-9-15(12(16)14-11)8-10-6-3-4-7-13-10/h10-11,13H,2-9H2,1H3,(H,14,16). The second-order valence-electron chi connectivity index (χ2n) is 4.99. The third-order valence-corrected chi connectivity index (χ3v) is 3.55. The molecule has 0 saturated carbocycles. The van der Waals surface area contributed by atoms with Crippen LogP contribution in [0, 0.1) is 0 Å². The van der Waals surface area contributed by atoms with Crippen LogP contribution in [0.1, 0.15) is 39.0 Å². The summed E-state index contributed by atoms with van der Waals surface area (Å²) in [4.78, 5) is 13.7. The highest BCUT2D eigenvalue weighted by Gasteiger charge is 2.29. The van der Waals surface area contributed by atoms with Crippen LogP contribution in [0.2, 0.25) is 0 Å². The number of nitrogens with one attached hydrogen (secondary N) is 2. The number of nitrogens with zero attached hydrogens (tertiary/aromatic N) is 1. The SMILES string of the molecule is CCCC1CN(CC2CCCCN2)C(=O)N1. The molecule has 4 heteroatoms. The quantitative estimate of drug-likeness (QED) is 0.758. The van der Waals surface area contributed by atoms with Crippen LogP contribution < -0.4 is 10.6 Å². The molecule has 2 rings (SSSR count). The maximum Gasteiger partial charge on any atom is 0.317 e. The average Bonchev–Trinajstić information content (AvgIpc) is 2.61. The van der Waals surface area contributed by atoms with Crippen molar-refractivity contribution in [1.82, 2.24) is 15.5 Å². The van der Waals surface area contributed by atoms with Crippen LogP contribution >= 0.6 is 0 Å². The molecule has 2 aliphatic heterocycles. The maximum absolute atomic E-state index is 11.7. The highest BCUT2D eigenvalue weighted by atomic mass is 16.2. The van der Waals surface area contributed by atoms with Gasteiger partial charge in [0.25, 0.3) is 0 Å². The third kappa shape index (κ3) is 2.88. The molecule has 0 aromatic rings. The van der Waals surface area contributed by atoms with Gasteiger partial charge < -0.3 is 15.5 Å². The van der Waals surface area contributed by atoms with E-state index in [2.05, 4.69) is 17.6 Å². The Labute approximate surface area is 97.8 Å². The molecule has 0 aliphatic carbocycles. The first kappa shape index (κ1) is 11.7. The number of urea groups is 1. The van der Waals surface area contributed by atoms with Gasteiger partial charge in [-0.25, -0.2) is 4.79 Å². The molecule has 4 nitrogen and oxygen atoms in total. The number of rotatable bonds is 4. The summed E-state index contributed by atoms with van der Waals surface area (Å²) < 4.78 is 0. The summed E-state index contributed by atoms with van der Waals surface area (Å²) in [5, 5.41) is 6.55.